The Balaban J connectivity index is 1.92. The van der Waals surface area contributed by atoms with Gasteiger partial charge in [-0.3, -0.25) is 9.88 Å². The molecule has 0 amide bonds. The molecule has 0 saturated heterocycles. The molecule has 84 valence electrons. The van der Waals surface area contributed by atoms with Gasteiger partial charge in [-0.15, -0.1) is 0 Å². The minimum Gasteiger partial charge on any atom is -0.338 e. The molecule has 0 aliphatic rings. The third-order valence-electron chi connectivity index (χ3n) is 2.15. The maximum absolute atomic E-state index is 5.05. The van der Waals surface area contributed by atoms with Crippen molar-refractivity contribution in [1.29, 1.82) is 0 Å². The van der Waals surface area contributed by atoms with E-state index >= 15 is 0 Å². The molecule has 5 heteroatoms. The summed E-state index contributed by atoms with van der Waals surface area (Å²) in [5.41, 5.74) is 1.17. The van der Waals surface area contributed by atoms with Crippen molar-refractivity contribution in [3.63, 3.8) is 0 Å². The van der Waals surface area contributed by atoms with Gasteiger partial charge >= 0.3 is 0 Å². The van der Waals surface area contributed by atoms with Crippen LogP contribution in [0.2, 0.25) is 0 Å². The number of aromatic nitrogens is 3. The summed E-state index contributed by atoms with van der Waals surface area (Å²) < 4.78 is 5.05. The Labute approximate surface area is 94.1 Å². The summed E-state index contributed by atoms with van der Waals surface area (Å²) in [6.07, 6.45) is 3.63. The zero-order chi connectivity index (χ0) is 11.4. The topological polar surface area (TPSA) is 55.1 Å². The molecular formula is C11H14N4O. The van der Waals surface area contributed by atoms with Gasteiger partial charge in [0.25, 0.3) is 0 Å². The molecule has 0 radical (unpaired) electrons. The summed E-state index contributed by atoms with van der Waals surface area (Å²) >= 11 is 0. The Morgan fingerprint density at radius 3 is 2.88 bits per heavy atom. The molecule has 0 unspecified atom stereocenters. The maximum atomic E-state index is 5.05. The summed E-state index contributed by atoms with van der Waals surface area (Å²) in [7, 11) is 2.01. The Morgan fingerprint density at radius 1 is 1.38 bits per heavy atom. The summed E-state index contributed by atoms with van der Waals surface area (Å²) in [5, 5.41) is 3.75. The Hall–Kier alpha value is -1.75. The van der Waals surface area contributed by atoms with Gasteiger partial charge in [0.15, 0.2) is 5.82 Å². The zero-order valence-electron chi connectivity index (χ0n) is 9.42. The highest BCUT2D eigenvalue weighted by molar-refractivity contribution is 5.07. The van der Waals surface area contributed by atoms with Gasteiger partial charge in [0, 0.05) is 18.9 Å². The van der Waals surface area contributed by atoms with Crippen LogP contribution in [0, 0.1) is 6.92 Å². The number of aryl methyl sites for hydroxylation is 1. The van der Waals surface area contributed by atoms with E-state index in [1.165, 1.54) is 5.56 Å². The fourth-order valence-electron chi connectivity index (χ4n) is 1.49. The smallest absolute Gasteiger partial charge is 0.240 e. The van der Waals surface area contributed by atoms with Crippen molar-refractivity contribution in [2.75, 3.05) is 7.05 Å². The molecule has 2 rings (SSSR count). The van der Waals surface area contributed by atoms with Gasteiger partial charge in [-0.1, -0.05) is 11.2 Å². The van der Waals surface area contributed by atoms with Gasteiger partial charge in [0.05, 0.1) is 6.54 Å². The number of pyridine rings is 1. The first-order valence-corrected chi connectivity index (χ1v) is 5.10. The zero-order valence-corrected chi connectivity index (χ0v) is 9.42. The predicted molar refractivity (Wildman–Crippen MR) is 58.4 cm³/mol. The van der Waals surface area contributed by atoms with Crippen LogP contribution in [0.15, 0.2) is 29.0 Å². The average molecular weight is 218 g/mol. The molecule has 0 N–H and O–H groups in total. The quantitative estimate of drug-likeness (QED) is 0.776. The lowest BCUT2D eigenvalue weighted by molar-refractivity contribution is 0.260. The van der Waals surface area contributed by atoms with E-state index in [-0.39, 0.29) is 0 Å². The molecule has 16 heavy (non-hydrogen) atoms. The van der Waals surface area contributed by atoms with E-state index in [1.54, 1.807) is 6.20 Å². The number of rotatable bonds is 4. The van der Waals surface area contributed by atoms with Crippen molar-refractivity contribution in [2.45, 2.75) is 20.0 Å². The van der Waals surface area contributed by atoms with E-state index in [0.717, 1.165) is 6.54 Å². The van der Waals surface area contributed by atoms with Gasteiger partial charge in [-0.05, 0) is 25.6 Å². The van der Waals surface area contributed by atoms with Crippen molar-refractivity contribution in [2.24, 2.45) is 0 Å². The molecule has 0 saturated carbocycles. The van der Waals surface area contributed by atoms with Gasteiger partial charge in [-0.2, -0.15) is 4.98 Å². The lowest BCUT2D eigenvalue weighted by Gasteiger charge is -2.13. The van der Waals surface area contributed by atoms with Crippen LogP contribution in [0.5, 0.6) is 0 Å². The highest BCUT2D eigenvalue weighted by Gasteiger charge is 2.07. The fraction of sp³-hybridized carbons (Fsp3) is 0.364. The molecule has 2 aromatic heterocycles. The summed E-state index contributed by atoms with van der Waals surface area (Å²) in [5.74, 6) is 1.31. The van der Waals surface area contributed by atoms with E-state index < -0.39 is 0 Å². The summed E-state index contributed by atoms with van der Waals surface area (Å²) in [6.45, 7) is 3.28. The molecule has 0 fully saturated rings. The van der Waals surface area contributed by atoms with Gasteiger partial charge in [0.2, 0.25) is 5.89 Å². The minimum absolute atomic E-state index is 0.642. The predicted octanol–water partition coefficient (Wildman–Crippen LogP) is 1.41. The first-order chi connectivity index (χ1) is 7.74. The van der Waals surface area contributed by atoms with Crippen LogP contribution in [-0.2, 0) is 13.1 Å². The van der Waals surface area contributed by atoms with E-state index in [9.17, 15) is 0 Å². The fourth-order valence-corrected chi connectivity index (χ4v) is 1.49. The number of nitrogens with zero attached hydrogens (tertiary/aromatic N) is 4. The van der Waals surface area contributed by atoms with Crippen molar-refractivity contribution >= 4 is 0 Å². The maximum Gasteiger partial charge on any atom is 0.240 e. The van der Waals surface area contributed by atoms with Crippen LogP contribution >= 0.6 is 0 Å². The van der Waals surface area contributed by atoms with Crippen molar-refractivity contribution in [1.82, 2.24) is 20.0 Å². The Bertz CT molecular complexity index is 440. The molecule has 0 aliphatic carbocycles. The second-order valence-corrected chi connectivity index (χ2v) is 3.77. The van der Waals surface area contributed by atoms with Crippen LogP contribution in [0.4, 0.5) is 0 Å². The largest absolute Gasteiger partial charge is 0.338 e. The van der Waals surface area contributed by atoms with Crippen LogP contribution in [0.3, 0.4) is 0 Å². The second-order valence-electron chi connectivity index (χ2n) is 3.77. The second kappa shape index (κ2) is 4.85. The first-order valence-electron chi connectivity index (χ1n) is 5.10. The minimum atomic E-state index is 0.642. The molecule has 0 bridgehead atoms. The lowest BCUT2D eigenvalue weighted by atomic mass is 10.3. The molecule has 2 aromatic rings. The van der Waals surface area contributed by atoms with Crippen molar-refractivity contribution < 1.29 is 4.52 Å². The third kappa shape index (κ3) is 2.87. The average Bonchev–Trinajstić information content (AvgIpc) is 2.65. The third-order valence-corrected chi connectivity index (χ3v) is 2.15. The normalized spacial score (nSPS) is 10.9. The van der Waals surface area contributed by atoms with E-state index in [0.29, 0.717) is 18.3 Å². The van der Waals surface area contributed by atoms with Gasteiger partial charge in [0.1, 0.15) is 0 Å². The molecule has 0 aromatic carbocycles. The van der Waals surface area contributed by atoms with Gasteiger partial charge in [-0.25, -0.2) is 0 Å². The van der Waals surface area contributed by atoms with Crippen LogP contribution in [0.1, 0.15) is 17.3 Å². The van der Waals surface area contributed by atoms with Crippen LogP contribution in [0.25, 0.3) is 0 Å². The van der Waals surface area contributed by atoms with Crippen LogP contribution < -0.4 is 0 Å². The van der Waals surface area contributed by atoms with E-state index in [1.807, 2.05) is 32.3 Å². The molecule has 0 spiro atoms. The Kier molecular flexibility index (Phi) is 3.26. The summed E-state index contributed by atoms with van der Waals surface area (Å²) in [6, 6.07) is 3.97. The molecule has 2 heterocycles. The van der Waals surface area contributed by atoms with E-state index in [4.69, 9.17) is 4.52 Å². The van der Waals surface area contributed by atoms with Gasteiger partial charge < -0.3 is 4.52 Å². The SMILES string of the molecule is Cc1noc(CN(C)Cc2cccnc2)n1. The monoisotopic (exact) mass is 218 g/mol. The van der Waals surface area contributed by atoms with Crippen LogP contribution in [-0.4, -0.2) is 27.1 Å². The van der Waals surface area contributed by atoms with Crippen molar-refractivity contribution in [3.8, 4) is 0 Å². The molecular weight excluding hydrogens is 204 g/mol. The lowest BCUT2D eigenvalue weighted by Crippen LogP contribution is -2.17. The standard InChI is InChI=1S/C11H14N4O/c1-9-13-11(16-14-9)8-15(2)7-10-4-3-5-12-6-10/h3-6H,7-8H2,1-2H3. The molecule has 0 atom stereocenters. The van der Waals surface area contributed by atoms with E-state index in [2.05, 4.69) is 20.0 Å². The van der Waals surface area contributed by atoms with Crippen molar-refractivity contribution in [3.05, 3.63) is 41.8 Å². The highest BCUT2D eigenvalue weighted by Crippen LogP contribution is 2.05. The number of hydrogen-bond acceptors (Lipinski definition) is 5. The highest BCUT2D eigenvalue weighted by atomic mass is 16.5. The number of hydrogen-bond donors (Lipinski definition) is 0. The Morgan fingerprint density at radius 2 is 2.25 bits per heavy atom. The first kappa shape index (κ1) is 10.8. The summed E-state index contributed by atoms with van der Waals surface area (Å²) in [4.78, 5) is 10.3. The molecule has 5 nitrogen and oxygen atoms in total. The molecule has 0 aliphatic heterocycles.